The van der Waals surface area contributed by atoms with Crippen molar-refractivity contribution in [1.29, 1.82) is 0 Å². The topological polar surface area (TPSA) is 21.3 Å². The van der Waals surface area contributed by atoms with Crippen molar-refractivity contribution < 1.29 is 17.9 Å². The van der Waals surface area contributed by atoms with Crippen LogP contribution < -0.4 is 5.32 Å². The molecule has 0 heterocycles. The molecule has 0 saturated carbocycles. The first-order valence-corrected chi connectivity index (χ1v) is 6.53. The SMILES string of the molecule is CNC(CCOCC(F)(F)F)C1=CCCCCC1. The fraction of sp³-hybridized carbons (Fsp3) is 0.846. The number of hydrogen-bond donors (Lipinski definition) is 1. The maximum Gasteiger partial charge on any atom is 0.411 e. The van der Waals surface area contributed by atoms with Crippen LogP contribution >= 0.6 is 0 Å². The van der Waals surface area contributed by atoms with Gasteiger partial charge in [-0.1, -0.05) is 18.1 Å². The quantitative estimate of drug-likeness (QED) is 0.587. The predicted octanol–water partition coefficient (Wildman–Crippen LogP) is 3.43. The van der Waals surface area contributed by atoms with Gasteiger partial charge >= 0.3 is 6.18 Å². The fourth-order valence-electron chi connectivity index (χ4n) is 2.26. The lowest BCUT2D eigenvalue weighted by molar-refractivity contribution is -0.174. The highest BCUT2D eigenvalue weighted by Gasteiger charge is 2.27. The summed E-state index contributed by atoms with van der Waals surface area (Å²) in [7, 11) is 1.85. The Morgan fingerprint density at radius 2 is 2.11 bits per heavy atom. The van der Waals surface area contributed by atoms with Gasteiger partial charge in [-0.25, -0.2) is 0 Å². The van der Waals surface area contributed by atoms with Crippen molar-refractivity contribution in [1.82, 2.24) is 5.32 Å². The van der Waals surface area contributed by atoms with Crippen molar-refractivity contribution >= 4 is 0 Å². The summed E-state index contributed by atoms with van der Waals surface area (Å²) in [6, 6.07) is 0.149. The smallest absolute Gasteiger partial charge is 0.372 e. The highest BCUT2D eigenvalue weighted by molar-refractivity contribution is 5.11. The third-order valence-corrected chi connectivity index (χ3v) is 3.19. The standard InChI is InChI=1S/C13H22F3NO/c1-17-12(8-9-18-10-13(14,15)16)11-6-4-2-3-5-7-11/h6,12,17H,2-5,7-10H2,1H3. The molecule has 5 heteroatoms. The Labute approximate surface area is 107 Å². The molecular weight excluding hydrogens is 243 g/mol. The third kappa shape index (κ3) is 6.40. The van der Waals surface area contributed by atoms with Crippen molar-refractivity contribution in [3.05, 3.63) is 11.6 Å². The highest BCUT2D eigenvalue weighted by atomic mass is 19.4. The summed E-state index contributed by atoms with van der Waals surface area (Å²) in [6.45, 7) is -1.01. The van der Waals surface area contributed by atoms with Gasteiger partial charge in [0.1, 0.15) is 6.61 Å². The molecule has 1 rings (SSSR count). The molecule has 0 aromatic rings. The first kappa shape index (κ1) is 15.5. The monoisotopic (exact) mass is 265 g/mol. The van der Waals surface area contributed by atoms with Crippen LogP contribution in [0.5, 0.6) is 0 Å². The highest BCUT2D eigenvalue weighted by Crippen LogP contribution is 2.21. The Balaban J connectivity index is 2.30. The molecule has 0 fully saturated rings. The summed E-state index contributed by atoms with van der Waals surface area (Å²) in [5.41, 5.74) is 1.32. The van der Waals surface area contributed by atoms with E-state index in [0.717, 1.165) is 12.8 Å². The zero-order valence-corrected chi connectivity index (χ0v) is 10.9. The van der Waals surface area contributed by atoms with Crippen LogP contribution in [0.3, 0.4) is 0 Å². The number of halogens is 3. The predicted molar refractivity (Wildman–Crippen MR) is 65.5 cm³/mol. The fourth-order valence-corrected chi connectivity index (χ4v) is 2.26. The maximum absolute atomic E-state index is 11.9. The lowest BCUT2D eigenvalue weighted by Crippen LogP contribution is -2.29. The lowest BCUT2D eigenvalue weighted by atomic mass is 10.00. The minimum absolute atomic E-state index is 0.141. The van der Waals surface area contributed by atoms with Gasteiger partial charge in [-0.15, -0.1) is 0 Å². The van der Waals surface area contributed by atoms with Crippen LogP contribution in [0, 0.1) is 0 Å². The summed E-state index contributed by atoms with van der Waals surface area (Å²) in [6.07, 6.45) is 4.35. The summed E-state index contributed by atoms with van der Waals surface area (Å²) in [5, 5.41) is 3.17. The van der Waals surface area contributed by atoms with E-state index in [9.17, 15) is 13.2 Å². The third-order valence-electron chi connectivity index (χ3n) is 3.19. The molecule has 0 saturated heterocycles. The molecule has 106 valence electrons. The van der Waals surface area contributed by atoms with Gasteiger partial charge in [-0.2, -0.15) is 13.2 Å². The van der Waals surface area contributed by atoms with Crippen LogP contribution in [0.2, 0.25) is 0 Å². The summed E-state index contributed by atoms with van der Waals surface area (Å²) < 4.78 is 40.4. The summed E-state index contributed by atoms with van der Waals surface area (Å²) >= 11 is 0. The number of rotatable bonds is 6. The van der Waals surface area contributed by atoms with Crippen molar-refractivity contribution in [2.75, 3.05) is 20.3 Å². The Morgan fingerprint density at radius 1 is 1.33 bits per heavy atom. The van der Waals surface area contributed by atoms with Crippen molar-refractivity contribution in [3.63, 3.8) is 0 Å². The Hall–Kier alpha value is -0.550. The zero-order chi connectivity index (χ0) is 13.4. The molecule has 0 spiro atoms. The molecule has 0 radical (unpaired) electrons. The number of allylic oxidation sites excluding steroid dienone is 1. The lowest BCUT2D eigenvalue weighted by Gasteiger charge is -2.19. The molecule has 18 heavy (non-hydrogen) atoms. The Bertz CT molecular complexity index is 263. The van der Waals surface area contributed by atoms with E-state index < -0.39 is 12.8 Å². The van der Waals surface area contributed by atoms with Crippen molar-refractivity contribution in [2.45, 2.75) is 50.7 Å². The van der Waals surface area contributed by atoms with Gasteiger partial charge in [-0.05, 0) is 39.2 Å². The van der Waals surface area contributed by atoms with Gasteiger partial charge < -0.3 is 10.1 Å². The average Bonchev–Trinajstić information content (AvgIpc) is 2.56. The van der Waals surface area contributed by atoms with E-state index in [1.165, 1.54) is 24.8 Å². The average molecular weight is 265 g/mol. The molecule has 1 N–H and O–H groups in total. The number of hydrogen-bond acceptors (Lipinski definition) is 2. The molecule has 1 atom stereocenters. The van der Waals surface area contributed by atoms with E-state index in [0.29, 0.717) is 6.42 Å². The molecule has 2 nitrogen and oxygen atoms in total. The van der Waals surface area contributed by atoms with Crippen molar-refractivity contribution in [2.24, 2.45) is 0 Å². The van der Waals surface area contributed by atoms with Crippen LogP contribution in [0.1, 0.15) is 38.5 Å². The van der Waals surface area contributed by atoms with E-state index in [2.05, 4.69) is 16.1 Å². The zero-order valence-electron chi connectivity index (χ0n) is 10.9. The van der Waals surface area contributed by atoms with Crippen LogP contribution in [0.25, 0.3) is 0 Å². The van der Waals surface area contributed by atoms with E-state index in [1.54, 1.807) is 0 Å². The number of alkyl halides is 3. The molecule has 0 aromatic carbocycles. The number of likely N-dealkylation sites (N-methyl/N-ethyl adjacent to an activating group) is 1. The normalized spacial score (nSPS) is 19.2. The number of ether oxygens (including phenoxy) is 1. The van der Waals surface area contributed by atoms with Gasteiger partial charge in [0, 0.05) is 12.6 Å². The molecular formula is C13H22F3NO. The van der Waals surface area contributed by atoms with Crippen LogP contribution in [0.15, 0.2) is 11.6 Å². The van der Waals surface area contributed by atoms with Gasteiger partial charge in [0.05, 0.1) is 0 Å². The molecule has 0 aliphatic heterocycles. The summed E-state index contributed by atoms with van der Waals surface area (Å²) in [5.74, 6) is 0. The molecule has 0 amide bonds. The Kier molecular flexibility index (Phi) is 6.71. The maximum atomic E-state index is 11.9. The van der Waals surface area contributed by atoms with Gasteiger partial charge in [0.15, 0.2) is 0 Å². The molecule has 1 aliphatic carbocycles. The largest absolute Gasteiger partial charge is 0.411 e. The minimum atomic E-state index is -4.23. The van der Waals surface area contributed by atoms with Gasteiger partial charge in [0.2, 0.25) is 0 Å². The van der Waals surface area contributed by atoms with Crippen molar-refractivity contribution in [3.8, 4) is 0 Å². The molecule has 0 bridgehead atoms. The van der Waals surface area contributed by atoms with Crippen LogP contribution in [0.4, 0.5) is 13.2 Å². The van der Waals surface area contributed by atoms with Crippen LogP contribution in [-0.4, -0.2) is 32.5 Å². The van der Waals surface area contributed by atoms with E-state index >= 15 is 0 Å². The second-order valence-electron chi connectivity index (χ2n) is 4.68. The summed E-state index contributed by atoms with van der Waals surface area (Å²) in [4.78, 5) is 0. The van der Waals surface area contributed by atoms with E-state index in [-0.39, 0.29) is 12.6 Å². The van der Waals surface area contributed by atoms with Crippen LogP contribution in [-0.2, 0) is 4.74 Å². The van der Waals surface area contributed by atoms with Gasteiger partial charge in [-0.3, -0.25) is 0 Å². The first-order valence-electron chi connectivity index (χ1n) is 6.53. The molecule has 1 unspecified atom stereocenters. The first-order chi connectivity index (χ1) is 8.53. The molecule has 1 aliphatic rings. The minimum Gasteiger partial charge on any atom is -0.372 e. The number of nitrogens with one attached hydrogen (secondary N) is 1. The van der Waals surface area contributed by atoms with Gasteiger partial charge in [0.25, 0.3) is 0 Å². The van der Waals surface area contributed by atoms with E-state index in [1.807, 2.05) is 7.05 Å². The van der Waals surface area contributed by atoms with E-state index in [4.69, 9.17) is 0 Å². The second kappa shape index (κ2) is 7.79. The molecule has 0 aromatic heterocycles. The second-order valence-corrected chi connectivity index (χ2v) is 4.68. The Morgan fingerprint density at radius 3 is 2.78 bits per heavy atom.